The topological polar surface area (TPSA) is 0 Å². The lowest BCUT2D eigenvalue weighted by Gasteiger charge is -2.50. The van der Waals surface area contributed by atoms with E-state index < -0.39 is 0 Å². The first kappa shape index (κ1) is 31.2. The maximum absolute atomic E-state index is 2.51. The molecule has 0 atom stereocenters. The summed E-state index contributed by atoms with van der Waals surface area (Å²) in [5, 5.41) is 0. The molecule has 0 saturated heterocycles. The van der Waals surface area contributed by atoms with Gasteiger partial charge in [0.15, 0.2) is 0 Å². The van der Waals surface area contributed by atoms with Crippen molar-refractivity contribution in [1.82, 2.24) is 0 Å². The van der Waals surface area contributed by atoms with E-state index in [-0.39, 0.29) is 5.54 Å². The average molecular weight is 473 g/mol. The summed E-state index contributed by atoms with van der Waals surface area (Å²) in [6.45, 7) is 13.1. The summed E-state index contributed by atoms with van der Waals surface area (Å²) in [5.41, 5.74) is 5.05. The molecule has 0 aliphatic heterocycles. The number of unbranched alkanes of at least 4 members (excludes halogenated alkanes) is 13. The van der Waals surface area contributed by atoms with Gasteiger partial charge in [-0.25, -0.2) is 0 Å². The summed E-state index contributed by atoms with van der Waals surface area (Å²) in [4.78, 5) is 0. The van der Waals surface area contributed by atoms with Gasteiger partial charge in [-0.15, -0.1) is 0 Å². The van der Waals surface area contributed by atoms with Gasteiger partial charge in [0.05, 0.1) is 20.6 Å². The lowest BCUT2D eigenvalue weighted by molar-refractivity contribution is -0.951. The van der Waals surface area contributed by atoms with Gasteiger partial charge in [-0.3, -0.25) is 0 Å². The van der Waals surface area contributed by atoms with Crippen LogP contribution in [0.15, 0.2) is 18.2 Å². The first-order chi connectivity index (χ1) is 16.4. The van der Waals surface area contributed by atoms with E-state index in [1.54, 1.807) is 16.7 Å². The fraction of sp³-hybridized carbons (Fsp3) is 0.818. The molecule has 0 amide bonds. The van der Waals surface area contributed by atoms with Gasteiger partial charge in [-0.2, -0.15) is 0 Å². The molecule has 0 saturated carbocycles. The van der Waals surface area contributed by atoms with E-state index in [9.17, 15) is 0 Å². The molecule has 0 radical (unpaired) electrons. The Morgan fingerprint density at radius 3 is 1.47 bits per heavy atom. The number of aryl methyl sites for hydroxylation is 1. The zero-order valence-corrected chi connectivity index (χ0v) is 24.6. The van der Waals surface area contributed by atoms with Crippen molar-refractivity contribution in [1.29, 1.82) is 0 Å². The fourth-order valence-corrected chi connectivity index (χ4v) is 6.55. The standard InChI is InChI=1S/C33H62N/c1-8-13-14-15-16-17-18-19-20-21-22-23-24-25-29-34(6,7)33(11-4,12-5)32-28-26-27-30(9-2)31(32)10-3/h26-28H,8-25,29H2,1-7H3/q+1. The Morgan fingerprint density at radius 1 is 0.588 bits per heavy atom. The van der Waals surface area contributed by atoms with Gasteiger partial charge in [-0.1, -0.05) is 130 Å². The molecule has 0 bridgehead atoms. The van der Waals surface area contributed by atoms with Gasteiger partial charge in [0, 0.05) is 18.4 Å². The number of hydrogen-bond acceptors (Lipinski definition) is 0. The zero-order valence-electron chi connectivity index (χ0n) is 24.6. The third kappa shape index (κ3) is 9.33. The first-order valence-corrected chi connectivity index (χ1v) is 15.4. The largest absolute Gasteiger partial charge is 0.320 e. The van der Waals surface area contributed by atoms with Crippen LogP contribution in [-0.4, -0.2) is 25.1 Å². The maximum atomic E-state index is 2.51. The van der Waals surface area contributed by atoms with E-state index in [1.807, 2.05) is 0 Å². The van der Waals surface area contributed by atoms with E-state index in [1.165, 1.54) is 109 Å². The van der Waals surface area contributed by atoms with Gasteiger partial charge in [-0.05, 0) is 36.8 Å². The van der Waals surface area contributed by atoms with Crippen LogP contribution in [0.2, 0.25) is 0 Å². The summed E-state index contributed by atoms with van der Waals surface area (Å²) in [6.07, 6.45) is 24.8. The molecule has 1 heteroatoms. The van der Waals surface area contributed by atoms with Crippen molar-refractivity contribution in [2.75, 3.05) is 20.6 Å². The van der Waals surface area contributed by atoms with Gasteiger partial charge < -0.3 is 4.48 Å². The van der Waals surface area contributed by atoms with Crippen LogP contribution >= 0.6 is 0 Å². The molecule has 0 N–H and O–H groups in total. The number of hydrogen-bond donors (Lipinski definition) is 0. The minimum absolute atomic E-state index is 0.229. The minimum atomic E-state index is 0.229. The summed E-state index contributed by atoms with van der Waals surface area (Å²) in [6, 6.07) is 7.13. The Labute approximate surface area is 215 Å². The highest BCUT2D eigenvalue weighted by Crippen LogP contribution is 2.42. The molecule has 0 spiro atoms. The maximum Gasteiger partial charge on any atom is 0.124 e. The second-order valence-corrected chi connectivity index (χ2v) is 11.4. The van der Waals surface area contributed by atoms with Crippen LogP contribution in [0.25, 0.3) is 0 Å². The molecule has 1 nitrogen and oxygen atoms in total. The molecule has 1 aromatic rings. The average Bonchev–Trinajstić information content (AvgIpc) is 2.84. The summed E-state index contributed by atoms with van der Waals surface area (Å²) in [5.74, 6) is 0. The van der Waals surface area contributed by atoms with Crippen LogP contribution < -0.4 is 0 Å². The quantitative estimate of drug-likeness (QED) is 0.123. The van der Waals surface area contributed by atoms with Crippen molar-refractivity contribution >= 4 is 0 Å². The van der Waals surface area contributed by atoms with Crippen molar-refractivity contribution in [3.05, 3.63) is 34.9 Å². The highest BCUT2D eigenvalue weighted by molar-refractivity contribution is 5.39. The number of quaternary nitrogens is 1. The van der Waals surface area contributed by atoms with Crippen molar-refractivity contribution in [3.63, 3.8) is 0 Å². The molecule has 1 rings (SSSR count). The highest BCUT2D eigenvalue weighted by Gasteiger charge is 2.45. The molecule has 0 fully saturated rings. The van der Waals surface area contributed by atoms with Gasteiger partial charge >= 0.3 is 0 Å². The molecular formula is C33H62N+. The van der Waals surface area contributed by atoms with Crippen LogP contribution in [0.5, 0.6) is 0 Å². The summed E-state index contributed by atoms with van der Waals surface area (Å²) in [7, 11) is 5.01. The highest BCUT2D eigenvalue weighted by atomic mass is 15.4. The molecule has 0 unspecified atom stereocenters. The van der Waals surface area contributed by atoms with E-state index in [0.29, 0.717) is 0 Å². The summed E-state index contributed by atoms with van der Waals surface area (Å²) < 4.78 is 1.12. The lowest BCUT2D eigenvalue weighted by Crippen LogP contribution is -2.57. The Kier molecular flexibility index (Phi) is 16.1. The summed E-state index contributed by atoms with van der Waals surface area (Å²) >= 11 is 0. The lowest BCUT2D eigenvalue weighted by atomic mass is 9.76. The first-order valence-electron chi connectivity index (χ1n) is 15.4. The van der Waals surface area contributed by atoms with E-state index in [4.69, 9.17) is 0 Å². The van der Waals surface area contributed by atoms with Gasteiger partial charge in [0.2, 0.25) is 0 Å². The Hall–Kier alpha value is -0.820. The molecule has 1 aromatic carbocycles. The second-order valence-electron chi connectivity index (χ2n) is 11.4. The van der Waals surface area contributed by atoms with E-state index in [0.717, 1.165) is 17.3 Å². The second kappa shape index (κ2) is 17.6. The predicted octanol–water partition coefficient (Wildman–Crippen LogP) is 10.4. The van der Waals surface area contributed by atoms with Crippen molar-refractivity contribution < 1.29 is 4.48 Å². The van der Waals surface area contributed by atoms with Crippen molar-refractivity contribution in [3.8, 4) is 0 Å². The van der Waals surface area contributed by atoms with Crippen LogP contribution in [0.4, 0.5) is 0 Å². The Bertz CT molecular complexity index is 625. The van der Waals surface area contributed by atoms with Crippen molar-refractivity contribution in [2.45, 2.75) is 156 Å². The van der Waals surface area contributed by atoms with Crippen LogP contribution in [0.3, 0.4) is 0 Å². The molecule has 0 heterocycles. The molecule has 0 aliphatic carbocycles. The number of benzene rings is 1. The van der Waals surface area contributed by atoms with Crippen molar-refractivity contribution in [2.24, 2.45) is 0 Å². The third-order valence-electron chi connectivity index (χ3n) is 8.91. The smallest absolute Gasteiger partial charge is 0.124 e. The molecule has 198 valence electrons. The SMILES string of the molecule is CCCCCCCCCCCCCCCC[N+](C)(C)C(CC)(CC)c1cccc(CC)c1CC. The molecule has 34 heavy (non-hydrogen) atoms. The molecule has 0 aromatic heterocycles. The van der Waals surface area contributed by atoms with Gasteiger partial charge in [0.25, 0.3) is 0 Å². The fourth-order valence-electron chi connectivity index (χ4n) is 6.55. The van der Waals surface area contributed by atoms with E-state index in [2.05, 4.69) is 66.9 Å². The monoisotopic (exact) mass is 472 g/mol. The normalized spacial score (nSPS) is 12.4. The van der Waals surface area contributed by atoms with Gasteiger partial charge in [0.1, 0.15) is 5.54 Å². The Morgan fingerprint density at radius 2 is 1.06 bits per heavy atom. The zero-order chi connectivity index (χ0) is 25.3. The minimum Gasteiger partial charge on any atom is -0.320 e. The predicted molar refractivity (Wildman–Crippen MR) is 155 cm³/mol. The number of rotatable bonds is 21. The number of nitrogens with zero attached hydrogens (tertiary/aromatic N) is 1. The van der Waals surface area contributed by atoms with Crippen LogP contribution in [-0.2, 0) is 18.4 Å². The van der Waals surface area contributed by atoms with Crippen LogP contribution in [0.1, 0.15) is 154 Å². The molecular weight excluding hydrogens is 410 g/mol. The third-order valence-corrected chi connectivity index (χ3v) is 8.91. The Balaban J connectivity index is 2.44. The molecule has 0 aliphatic rings. The van der Waals surface area contributed by atoms with Crippen LogP contribution in [0, 0.1) is 0 Å². The van der Waals surface area contributed by atoms with E-state index >= 15 is 0 Å².